The lowest BCUT2D eigenvalue weighted by Crippen LogP contribution is -2.11. The average Bonchev–Trinajstić information content (AvgIpc) is 4.04. The lowest BCUT2D eigenvalue weighted by molar-refractivity contribution is 0.589. The lowest BCUT2D eigenvalue weighted by Gasteiger charge is -2.24. The van der Waals surface area contributed by atoms with Gasteiger partial charge in [-0.1, -0.05) is 209 Å². The third-order valence-corrected chi connectivity index (χ3v) is 15.9. The minimum absolute atomic E-state index is 0.0548. The van der Waals surface area contributed by atoms with Crippen LogP contribution < -0.4 is 0 Å². The molecule has 0 saturated heterocycles. The molecule has 0 bridgehead atoms. The molecule has 0 fully saturated rings. The summed E-state index contributed by atoms with van der Waals surface area (Å²) in [6.45, 7) is 22.8. The summed E-state index contributed by atoms with van der Waals surface area (Å²) in [6.07, 6.45) is 0. The van der Waals surface area contributed by atoms with Crippen molar-refractivity contribution >= 4 is 76.2 Å². The van der Waals surface area contributed by atoms with Gasteiger partial charge in [-0.25, -0.2) is 0 Å². The fourth-order valence-corrected chi connectivity index (χ4v) is 12.8. The lowest BCUT2D eigenvalue weighted by atomic mass is 9.80. The number of benzene rings is 9. The van der Waals surface area contributed by atoms with E-state index in [1.165, 1.54) is 143 Å². The first-order chi connectivity index (χ1) is 33.6. The van der Waals surface area contributed by atoms with Crippen molar-refractivity contribution in [1.82, 2.24) is 8.80 Å². The van der Waals surface area contributed by atoms with Gasteiger partial charge in [-0.2, -0.15) is 0 Å². The molecule has 0 aliphatic rings. The summed E-state index contributed by atoms with van der Waals surface area (Å²) >= 11 is 0. The number of aryl methyl sites for hydroxylation is 4. The zero-order valence-corrected chi connectivity index (χ0v) is 42.2. The van der Waals surface area contributed by atoms with Gasteiger partial charge >= 0.3 is 0 Å². The molecule has 0 spiro atoms. The molecule has 13 rings (SSSR count). The molecule has 0 saturated carbocycles. The minimum Gasteiger partial charge on any atom is -0.308 e. The molecular formula is C68H60N2. The molecule has 13 aromatic rings. The molecule has 0 N–H and O–H groups in total. The molecule has 342 valence electrons. The summed E-state index contributed by atoms with van der Waals surface area (Å²) in [5.74, 6) is 0.110. The van der Waals surface area contributed by atoms with E-state index in [0.29, 0.717) is 0 Å². The predicted molar refractivity (Wildman–Crippen MR) is 300 cm³/mol. The second kappa shape index (κ2) is 15.0. The number of nitrogens with zero attached hydrogens (tertiary/aromatic N) is 2. The molecule has 0 amide bonds. The summed E-state index contributed by atoms with van der Waals surface area (Å²) in [4.78, 5) is 0. The first kappa shape index (κ1) is 42.7. The van der Waals surface area contributed by atoms with Crippen LogP contribution in [0.2, 0.25) is 0 Å². The topological polar surface area (TPSA) is 8.82 Å². The quantitative estimate of drug-likeness (QED) is 0.147. The van der Waals surface area contributed by atoms with Crippen LogP contribution in [0.3, 0.4) is 0 Å². The Morgan fingerprint density at radius 1 is 0.314 bits per heavy atom. The van der Waals surface area contributed by atoms with Gasteiger partial charge in [-0.05, 0) is 107 Å². The van der Waals surface area contributed by atoms with Crippen LogP contribution in [0.5, 0.6) is 0 Å². The van der Waals surface area contributed by atoms with Crippen LogP contribution in [-0.2, 0) is 10.8 Å². The number of hydrogen-bond donors (Lipinski definition) is 0. The second-order valence-corrected chi connectivity index (χ2v) is 22.9. The van der Waals surface area contributed by atoms with Crippen molar-refractivity contribution in [2.24, 2.45) is 0 Å². The Kier molecular flexibility index (Phi) is 9.17. The van der Waals surface area contributed by atoms with Crippen LogP contribution in [0.15, 0.2) is 170 Å². The molecule has 0 aliphatic carbocycles. The van der Waals surface area contributed by atoms with Crippen molar-refractivity contribution in [1.29, 1.82) is 0 Å². The third-order valence-electron chi connectivity index (χ3n) is 15.9. The van der Waals surface area contributed by atoms with E-state index in [0.717, 1.165) is 0 Å². The van der Waals surface area contributed by atoms with E-state index < -0.39 is 0 Å². The molecule has 2 atom stereocenters. The van der Waals surface area contributed by atoms with Crippen LogP contribution in [0.1, 0.15) is 120 Å². The fraction of sp³-hybridized carbons (Fsp3) is 0.206. The van der Waals surface area contributed by atoms with Gasteiger partial charge in [-0.3, -0.25) is 0 Å². The maximum Gasteiger partial charge on any atom is 0.0623 e. The summed E-state index contributed by atoms with van der Waals surface area (Å²) in [5.41, 5.74) is 23.7. The maximum absolute atomic E-state index is 2.59. The van der Waals surface area contributed by atoms with Gasteiger partial charge < -0.3 is 8.80 Å². The van der Waals surface area contributed by atoms with Gasteiger partial charge in [0.05, 0.1) is 33.1 Å². The summed E-state index contributed by atoms with van der Waals surface area (Å²) in [7, 11) is 0. The largest absolute Gasteiger partial charge is 0.308 e. The van der Waals surface area contributed by atoms with Crippen molar-refractivity contribution in [3.05, 3.63) is 237 Å². The van der Waals surface area contributed by atoms with Gasteiger partial charge in [0, 0.05) is 54.9 Å². The van der Waals surface area contributed by atoms with Crippen molar-refractivity contribution in [2.75, 3.05) is 0 Å². The molecule has 2 unspecified atom stereocenters. The van der Waals surface area contributed by atoms with Crippen molar-refractivity contribution in [3.63, 3.8) is 0 Å². The number of fused-ring (bicyclic) bond motifs is 12. The number of para-hydroxylation sites is 2. The Labute approximate surface area is 411 Å². The van der Waals surface area contributed by atoms with E-state index in [1.807, 2.05) is 0 Å². The van der Waals surface area contributed by atoms with Crippen LogP contribution in [-0.4, -0.2) is 8.80 Å². The molecule has 4 heterocycles. The third kappa shape index (κ3) is 6.31. The molecule has 2 nitrogen and oxygen atoms in total. The highest BCUT2D eigenvalue weighted by Gasteiger charge is 2.30. The Morgan fingerprint density at radius 2 is 0.671 bits per heavy atom. The first-order valence-corrected chi connectivity index (χ1v) is 25.3. The normalized spacial score (nSPS) is 13.7. The number of hydrogen-bond acceptors (Lipinski definition) is 0. The maximum atomic E-state index is 2.59. The smallest absolute Gasteiger partial charge is 0.0623 e. The van der Waals surface area contributed by atoms with E-state index in [1.54, 1.807) is 0 Å². The summed E-state index contributed by atoms with van der Waals surface area (Å²) < 4.78 is 5.18. The van der Waals surface area contributed by atoms with Crippen LogP contribution >= 0.6 is 0 Å². The minimum atomic E-state index is 0.0548. The van der Waals surface area contributed by atoms with Crippen molar-refractivity contribution in [3.8, 4) is 0 Å². The molecule has 70 heavy (non-hydrogen) atoms. The fourth-order valence-electron chi connectivity index (χ4n) is 12.8. The number of aromatic nitrogens is 2. The monoisotopic (exact) mass is 904 g/mol. The van der Waals surface area contributed by atoms with Crippen LogP contribution in [0, 0.1) is 27.7 Å². The summed E-state index contributed by atoms with van der Waals surface area (Å²) in [6, 6.07) is 66.3. The first-order valence-electron chi connectivity index (χ1n) is 25.3. The van der Waals surface area contributed by atoms with Crippen LogP contribution in [0.4, 0.5) is 0 Å². The van der Waals surface area contributed by atoms with Gasteiger partial charge in [0.15, 0.2) is 0 Å². The molecular weight excluding hydrogens is 845 g/mol. The molecule has 2 heteroatoms. The van der Waals surface area contributed by atoms with E-state index in [-0.39, 0.29) is 22.7 Å². The average molecular weight is 905 g/mol. The molecule has 0 radical (unpaired) electrons. The van der Waals surface area contributed by atoms with Crippen LogP contribution in [0.25, 0.3) is 76.2 Å². The predicted octanol–water partition coefficient (Wildman–Crippen LogP) is 18.2. The Hall–Kier alpha value is -7.42. The Morgan fingerprint density at radius 3 is 1.03 bits per heavy atom. The Balaban J connectivity index is 1.09. The van der Waals surface area contributed by atoms with E-state index in [2.05, 4.69) is 248 Å². The summed E-state index contributed by atoms with van der Waals surface area (Å²) in [5, 5.41) is 10.5. The highest BCUT2D eigenvalue weighted by Crippen LogP contribution is 2.50. The molecule has 4 aromatic heterocycles. The second-order valence-electron chi connectivity index (χ2n) is 22.9. The molecule has 9 aromatic carbocycles. The van der Waals surface area contributed by atoms with E-state index in [4.69, 9.17) is 0 Å². The van der Waals surface area contributed by atoms with Crippen molar-refractivity contribution < 1.29 is 0 Å². The highest BCUT2D eigenvalue weighted by molar-refractivity contribution is 6.29. The zero-order chi connectivity index (χ0) is 48.1. The van der Waals surface area contributed by atoms with Gasteiger partial charge in [0.2, 0.25) is 0 Å². The SMILES string of the molecule is Cc1cc(C)cc(C(c2ccc(C(C)(C)C)cc2)c2ccc3c4cc5c(cc4n4c6ccccc6c2c34)c2ccc(C(c3ccc(C(C)(C)C)cc3)c3cc(C)cc(C)c3)c3c4ccccc4n5c23)c1. The zero-order valence-electron chi connectivity index (χ0n) is 42.2. The Bertz CT molecular complexity index is 3900. The van der Waals surface area contributed by atoms with Crippen molar-refractivity contribution in [2.45, 2.75) is 91.9 Å². The van der Waals surface area contributed by atoms with Gasteiger partial charge in [0.25, 0.3) is 0 Å². The van der Waals surface area contributed by atoms with E-state index >= 15 is 0 Å². The highest BCUT2D eigenvalue weighted by atomic mass is 14.9. The van der Waals surface area contributed by atoms with Gasteiger partial charge in [0.1, 0.15) is 0 Å². The molecule has 0 aliphatic heterocycles. The van der Waals surface area contributed by atoms with E-state index in [9.17, 15) is 0 Å². The van der Waals surface area contributed by atoms with Gasteiger partial charge in [-0.15, -0.1) is 0 Å². The standard InChI is InChI=1S/C68H60N2/c1-39-31-40(2)34-45(33-39)61(43-19-23-47(24-20-43)67(5,6)7)53-29-27-49-55-37-60-56(38-59(55)69-57-17-13-11-15-51(57)63(53)65(49)69)50-28-30-54(64-52-16-12-14-18-58(52)70(60)66(50)64)62(46-35-41(3)32-42(4)36-46)44-21-25-48(26-22-44)68(8,9)10/h11-38,61-62H,1-10H3. The number of rotatable bonds is 6.